The lowest BCUT2D eigenvalue weighted by atomic mass is 9.95. The first-order valence-corrected chi connectivity index (χ1v) is 4.39. The van der Waals surface area contributed by atoms with E-state index in [0.29, 0.717) is 6.42 Å². The van der Waals surface area contributed by atoms with Gasteiger partial charge in [-0.25, -0.2) is 0 Å². The SMILES string of the molecule is COC(=O)[C@H](C)[C@@H](O)C[C@@H](C)CO. The monoisotopic (exact) mass is 190 g/mol. The summed E-state index contributed by atoms with van der Waals surface area (Å²) in [5, 5.41) is 18.2. The third-order valence-corrected chi connectivity index (χ3v) is 2.11. The lowest BCUT2D eigenvalue weighted by Crippen LogP contribution is -2.28. The summed E-state index contributed by atoms with van der Waals surface area (Å²) in [5.41, 5.74) is 0. The van der Waals surface area contributed by atoms with Gasteiger partial charge in [-0.1, -0.05) is 6.92 Å². The van der Waals surface area contributed by atoms with Crippen LogP contribution in [0.25, 0.3) is 0 Å². The number of rotatable bonds is 5. The van der Waals surface area contributed by atoms with E-state index in [4.69, 9.17) is 5.11 Å². The predicted molar refractivity (Wildman–Crippen MR) is 48.1 cm³/mol. The van der Waals surface area contributed by atoms with Crippen molar-refractivity contribution in [3.05, 3.63) is 0 Å². The minimum atomic E-state index is -0.741. The summed E-state index contributed by atoms with van der Waals surface area (Å²) in [4.78, 5) is 11.0. The average Bonchev–Trinajstić information content (AvgIpc) is 2.14. The highest BCUT2D eigenvalue weighted by Gasteiger charge is 2.23. The van der Waals surface area contributed by atoms with Crippen LogP contribution < -0.4 is 0 Å². The van der Waals surface area contributed by atoms with Gasteiger partial charge >= 0.3 is 5.97 Å². The molecule has 0 aromatic rings. The molecule has 0 rings (SSSR count). The van der Waals surface area contributed by atoms with Crippen LogP contribution in [0.15, 0.2) is 0 Å². The Labute approximate surface area is 78.5 Å². The number of aliphatic hydroxyl groups excluding tert-OH is 2. The van der Waals surface area contributed by atoms with Crippen molar-refractivity contribution in [2.45, 2.75) is 26.4 Å². The largest absolute Gasteiger partial charge is 0.469 e. The molecule has 0 radical (unpaired) electrons. The molecule has 78 valence electrons. The van der Waals surface area contributed by atoms with Gasteiger partial charge in [0.25, 0.3) is 0 Å². The Morgan fingerprint density at radius 2 is 2.00 bits per heavy atom. The summed E-state index contributed by atoms with van der Waals surface area (Å²) in [6.45, 7) is 3.44. The van der Waals surface area contributed by atoms with Gasteiger partial charge in [0.2, 0.25) is 0 Å². The Kier molecular flexibility index (Phi) is 5.66. The fourth-order valence-corrected chi connectivity index (χ4v) is 1.03. The molecule has 2 N–H and O–H groups in total. The van der Waals surface area contributed by atoms with Crippen LogP contribution in [0.2, 0.25) is 0 Å². The van der Waals surface area contributed by atoms with E-state index in [1.807, 2.05) is 6.92 Å². The molecule has 0 heterocycles. The van der Waals surface area contributed by atoms with E-state index in [2.05, 4.69) is 4.74 Å². The van der Waals surface area contributed by atoms with Crippen LogP contribution in [0.4, 0.5) is 0 Å². The summed E-state index contributed by atoms with van der Waals surface area (Å²) >= 11 is 0. The lowest BCUT2D eigenvalue weighted by molar-refractivity contribution is -0.149. The van der Waals surface area contributed by atoms with Crippen molar-refractivity contribution in [2.24, 2.45) is 11.8 Å². The highest BCUT2D eigenvalue weighted by molar-refractivity contribution is 5.72. The van der Waals surface area contributed by atoms with E-state index in [-0.39, 0.29) is 12.5 Å². The fourth-order valence-electron chi connectivity index (χ4n) is 1.03. The molecular formula is C9H18O4. The number of carbonyl (C=O) groups excluding carboxylic acids is 1. The van der Waals surface area contributed by atoms with Crippen molar-refractivity contribution in [2.75, 3.05) is 13.7 Å². The number of ether oxygens (including phenoxy) is 1. The molecule has 0 saturated heterocycles. The first-order chi connectivity index (χ1) is 6.02. The van der Waals surface area contributed by atoms with Crippen LogP contribution in [-0.2, 0) is 9.53 Å². The Morgan fingerprint density at radius 1 is 1.46 bits per heavy atom. The second-order valence-electron chi connectivity index (χ2n) is 3.40. The highest BCUT2D eigenvalue weighted by Crippen LogP contribution is 2.14. The quantitative estimate of drug-likeness (QED) is 0.607. The van der Waals surface area contributed by atoms with Gasteiger partial charge in [-0.15, -0.1) is 0 Å². The minimum Gasteiger partial charge on any atom is -0.469 e. The molecule has 0 unspecified atom stereocenters. The molecule has 0 amide bonds. The molecule has 0 aromatic heterocycles. The number of methoxy groups -OCH3 is 1. The van der Waals surface area contributed by atoms with E-state index in [1.54, 1.807) is 6.92 Å². The highest BCUT2D eigenvalue weighted by atomic mass is 16.5. The zero-order valence-electron chi connectivity index (χ0n) is 8.36. The Hall–Kier alpha value is -0.610. The van der Waals surface area contributed by atoms with Crippen LogP contribution >= 0.6 is 0 Å². The number of hydrogen-bond donors (Lipinski definition) is 2. The van der Waals surface area contributed by atoms with Crippen LogP contribution in [0.5, 0.6) is 0 Å². The van der Waals surface area contributed by atoms with Crippen molar-refractivity contribution in [1.82, 2.24) is 0 Å². The number of hydrogen-bond acceptors (Lipinski definition) is 4. The van der Waals surface area contributed by atoms with Gasteiger partial charge in [-0.2, -0.15) is 0 Å². The summed E-state index contributed by atoms with van der Waals surface area (Å²) in [6.07, 6.45) is -0.332. The van der Waals surface area contributed by atoms with Crippen LogP contribution in [0.3, 0.4) is 0 Å². The van der Waals surface area contributed by atoms with E-state index in [9.17, 15) is 9.90 Å². The van der Waals surface area contributed by atoms with Gasteiger partial charge in [-0.3, -0.25) is 4.79 Å². The molecule has 0 aromatic carbocycles. The predicted octanol–water partition coefficient (Wildman–Crippen LogP) is 0.175. The normalized spacial score (nSPS) is 17.6. The lowest BCUT2D eigenvalue weighted by Gasteiger charge is -2.19. The molecular weight excluding hydrogens is 172 g/mol. The molecule has 0 fully saturated rings. The van der Waals surface area contributed by atoms with Gasteiger partial charge in [0, 0.05) is 6.61 Å². The standard InChI is InChI=1S/C9H18O4/c1-6(5-10)4-8(11)7(2)9(12)13-3/h6-8,10-11H,4-5H2,1-3H3/t6-,7-,8+/m1/s1. The zero-order chi connectivity index (χ0) is 10.4. The molecule has 4 heteroatoms. The Morgan fingerprint density at radius 3 is 2.38 bits per heavy atom. The molecule has 0 spiro atoms. The number of aliphatic hydroxyl groups is 2. The Bertz CT molecular complexity index is 158. The maximum absolute atomic E-state index is 11.0. The molecule has 13 heavy (non-hydrogen) atoms. The Balaban J connectivity index is 3.95. The van der Waals surface area contributed by atoms with Crippen LogP contribution in [0.1, 0.15) is 20.3 Å². The molecule has 3 atom stereocenters. The van der Waals surface area contributed by atoms with Crippen molar-refractivity contribution in [1.29, 1.82) is 0 Å². The summed E-state index contributed by atoms with van der Waals surface area (Å²) in [5.74, 6) is -0.946. The van der Waals surface area contributed by atoms with Crippen molar-refractivity contribution < 1.29 is 19.7 Å². The first kappa shape index (κ1) is 12.4. The van der Waals surface area contributed by atoms with E-state index in [0.717, 1.165) is 0 Å². The van der Waals surface area contributed by atoms with Gasteiger partial charge in [-0.05, 0) is 19.3 Å². The van der Waals surface area contributed by atoms with Crippen LogP contribution in [0, 0.1) is 11.8 Å². The third-order valence-electron chi connectivity index (χ3n) is 2.11. The molecule has 4 nitrogen and oxygen atoms in total. The zero-order valence-corrected chi connectivity index (χ0v) is 8.36. The smallest absolute Gasteiger partial charge is 0.311 e. The van der Waals surface area contributed by atoms with E-state index < -0.39 is 18.0 Å². The summed E-state index contributed by atoms with van der Waals surface area (Å²) in [7, 11) is 1.29. The fraction of sp³-hybridized carbons (Fsp3) is 0.889. The van der Waals surface area contributed by atoms with Crippen molar-refractivity contribution in [3.8, 4) is 0 Å². The van der Waals surface area contributed by atoms with Gasteiger partial charge in [0.05, 0.1) is 19.1 Å². The van der Waals surface area contributed by atoms with Gasteiger partial charge in [0.15, 0.2) is 0 Å². The third kappa shape index (κ3) is 4.24. The first-order valence-electron chi connectivity index (χ1n) is 4.39. The number of esters is 1. The van der Waals surface area contributed by atoms with E-state index in [1.165, 1.54) is 7.11 Å². The molecule has 0 saturated carbocycles. The second kappa shape index (κ2) is 5.94. The summed E-state index contributed by atoms with van der Waals surface area (Å²) < 4.78 is 4.49. The average molecular weight is 190 g/mol. The second-order valence-corrected chi connectivity index (χ2v) is 3.40. The minimum absolute atomic E-state index is 0.00195. The maximum Gasteiger partial charge on any atom is 0.311 e. The topological polar surface area (TPSA) is 66.8 Å². The van der Waals surface area contributed by atoms with Crippen molar-refractivity contribution >= 4 is 5.97 Å². The maximum atomic E-state index is 11.0. The molecule has 0 aliphatic carbocycles. The molecule has 0 bridgehead atoms. The van der Waals surface area contributed by atoms with Gasteiger partial charge < -0.3 is 14.9 Å². The van der Waals surface area contributed by atoms with E-state index >= 15 is 0 Å². The molecule has 0 aliphatic rings. The summed E-state index contributed by atoms with van der Waals surface area (Å²) in [6, 6.07) is 0. The van der Waals surface area contributed by atoms with Crippen molar-refractivity contribution in [3.63, 3.8) is 0 Å². The van der Waals surface area contributed by atoms with Gasteiger partial charge in [0.1, 0.15) is 0 Å². The van der Waals surface area contributed by atoms with Crippen LogP contribution in [-0.4, -0.2) is 36.0 Å². The molecule has 0 aliphatic heterocycles. The number of carbonyl (C=O) groups is 1.